The Morgan fingerprint density at radius 3 is 2.35 bits per heavy atom. The van der Waals surface area contributed by atoms with Crippen LogP contribution in [0.2, 0.25) is 15.1 Å². The van der Waals surface area contributed by atoms with Crippen molar-refractivity contribution in [2.75, 3.05) is 0 Å². The number of hydrogen-bond acceptors (Lipinski definition) is 3. The second kappa shape index (κ2) is 5.28. The van der Waals surface area contributed by atoms with Crippen LogP contribution < -0.4 is 0 Å². The number of rotatable bonds is 2. The first-order valence-corrected chi connectivity index (χ1v) is 6.80. The van der Waals surface area contributed by atoms with Crippen molar-refractivity contribution in [2.45, 2.75) is 13.8 Å². The summed E-state index contributed by atoms with van der Waals surface area (Å²) < 4.78 is 1.22. The average molecular weight is 334 g/mol. The zero-order valence-electron chi connectivity index (χ0n) is 11.0. The number of hydrogen-bond donors (Lipinski definition) is 1. The number of carbonyl (C=O) groups excluding carboxylic acids is 1. The van der Waals surface area contributed by atoms with Crippen LogP contribution >= 0.6 is 34.8 Å². The molecule has 20 heavy (non-hydrogen) atoms. The predicted molar refractivity (Wildman–Crippen MR) is 79.3 cm³/mol. The van der Waals surface area contributed by atoms with Gasteiger partial charge in [0.25, 0.3) is 0 Å². The number of benzene rings is 1. The fourth-order valence-electron chi connectivity index (χ4n) is 1.94. The van der Waals surface area contributed by atoms with Gasteiger partial charge in [-0.3, -0.25) is 4.79 Å². The zero-order valence-corrected chi connectivity index (χ0v) is 13.2. The fraction of sp³-hybridized carbons (Fsp3) is 0.231. The van der Waals surface area contributed by atoms with E-state index in [1.54, 1.807) is 20.9 Å². The second-order valence-corrected chi connectivity index (χ2v) is 5.56. The molecule has 4 nitrogen and oxygen atoms in total. The highest BCUT2D eigenvalue weighted by Gasteiger charge is 2.25. The SMILES string of the molecule is Cc1nn(C)c(O)c1C(=O)c1cc(Cl)c(Cl)c(C)c1Cl. The van der Waals surface area contributed by atoms with Crippen molar-refractivity contribution in [3.05, 3.63) is 43.5 Å². The summed E-state index contributed by atoms with van der Waals surface area (Å²) in [6.45, 7) is 3.30. The molecule has 2 rings (SSSR count). The fourth-order valence-corrected chi connectivity index (χ4v) is 2.63. The predicted octanol–water partition coefficient (Wildman–Crippen LogP) is 3.93. The van der Waals surface area contributed by atoms with Gasteiger partial charge in [-0.2, -0.15) is 5.10 Å². The van der Waals surface area contributed by atoms with Gasteiger partial charge >= 0.3 is 0 Å². The van der Waals surface area contributed by atoms with Crippen molar-refractivity contribution in [1.29, 1.82) is 0 Å². The summed E-state index contributed by atoms with van der Waals surface area (Å²) in [7, 11) is 1.54. The summed E-state index contributed by atoms with van der Waals surface area (Å²) in [5, 5.41) is 14.7. The van der Waals surface area contributed by atoms with E-state index < -0.39 is 5.78 Å². The molecule has 106 valence electrons. The zero-order chi connectivity index (χ0) is 15.2. The smallest absolute Gasteiger partial charge is 0.220 e. The molecule has 0 bridgehead atoms. The van der Waals surface area contributed by atoms with E-state index in [-0.39, 0.29) is 27.1 Å². The molecule has 0 saturated heterocycles. The molecule has 0 aliphatic carbocycles. The van der Waals surface area contributed by atoms with Gasteiger partial charge in [-0.25, -0.2) is 4.68 Å². The average Bonchev–Trinajstić information content (AvgIpc) is 2.64. The molecule has 0 aliphatic rings. The molecule has 0 saturated carbocycles. The van der Waals surface area contributed by atoms with Crippen LogP contribution in [0.1, 0.15) is 27.2 Å². The van der Waals surface area contributed by atoms with Crippen LogP contribution in [0.15, 0.2) is 6.07 Å². The third-order valence-electron chi connectivity index (χ3n) is 3.04. The number of carbonyl (C=O) groups is 1. The highest BCUT2D eigenvalue weighted by Crippen LogP contribution is 2.36. The van der Waals surface area contributed by atoms with Gasteiger partial charge in [0.2, 0.25) is 11.7 Å². The maximum atomic E-state index is 12.5. The standard InChI is InChI=1S/C13H11Cl3N2O2/c1-5-10(15)7(4-8(14)11(5)16)12(19)9-6(2)17-18(3)13(9)20/h4,20H,1-3H3. The lowest BCUT2D eigenvalue weighted by Crippen LogP contribution is -2.05. The molecule has 0 unspecified atom stereocenters. The lowest BCUT2D eigenvalue weighted by Gasteiger charge is -2.09. The normalized spacial score (nSPS) is 10.9. The maximum Gasteiger partial charge on any atom is 0.220 e. The van der Waals surface area contributed by atoms with Gasteiger partial charge in [-0.15, -0.1) is 0 Å². The van der Waals surface area contributed by atoms with Crippen molar-refractivity contribution < 1.29 is 9.90 Å². The third-order valence-corrected chi connectivity index (χ3v) is 4.41. The van der Waals surface area contributed by atoms with E-state index in [1.165, 1.54) is 10.7 Å². The van der Waals surface area contributed by atoms with E-state index in [1.807, 2.05) is 0 Å². The first-order valence-electron chi connectivity index (χ1n) is 5.67. The topological polar surface area (TPSA) is 55.1 Å². The molecule has 1 N–H and O–H groups in total. The van der Waals surface area contributed by atoms with Gasteiger partial charge in [-0.05, 0) is 25.5 Å². The van der Waals surface area contributed by atoms with E-state index in [0.717, 1.165) is 0 Å². The van der Waals surface area contributed by atoms with Crippen LogP contribution in [0, 0.1) is 13.8 Å². The molecule has 2 aromatic rings. The largest absolute Gasteiger partial charge is 0.493 e. The van der Waals surface area contributed by atoms with Gasteiger partial charge in [0.1, 0.15) is 5.56 Å². The van der Waals surface area contributed by atoms with Gasteiger partial charge in [0.05, 0.1) is 20.8 Å². The Bertz CT molecular complexity index is 723. The van der Waals surface area contributed by atoms with Crippen LogP contribution in [-0.2, 0) is 7.05 Å². The molecule has 0 atom stereocenters. The van der Waals surface area contributed by atoms with E-state index >= 15 is 0 Å². The minimum absolute atomic E-state index is 0.104. The highest BCUT2D eigenvalue weighted by atomic mass is 35.5. The number of aromatic hydroxyl groups is 1. The van der Waals surface area contributed by atoms with Crippen LogP contribution in [0.5, 0.6) is 5.88 Å². The Labute approximate surface area is 130 Å². The van der Waals surface area contributed by atoms with Crippen molar-refractivity contribution in [2.24, 2.45) is 7.05 Å². The first-order chi connectivity index (χ1) is 9.25. The molecule has 0 radical (unpaired) electrons. The van der Waals surface area contributed by atoms with Crippen molar-refractivity contribution in [1.82, 2.24) is 9.78 Å². The van der Waals surface area contributed by atoms with Crippen LogP contribution in [-0.4, -0.2) is 20.7 Å². The minimum atomic E-state index is -0.445. The van der Waals surface area contributed by atoms with Gasteiger partial charge in [0, 0.05) is 12.6 Å². The Balaban J connectivity index is 2.66. The maximum absolute atomic E-state index is 12.5. The van der Waals surface area contributed by atoms with Gasteiger partial charge in [0.15, 0.2) is 0 Å². The summed E-state index contributed by atoms with van der Waals surface area (Å²) in [6.07, 6.45) is 0. The van der Waals surface area contributed by atoms with E-state index in [2.05, 4.69) is 5.10 Å². The van der Waals surface area contributed by atoms with E-state index in [0.29, 0.717) is 16.3 Å². The Morgan fingerprint density at radius 2 is 1.85 bits per heavy atom. The van der Waals surface area contributed by atoms with Crippen LogP contribution in [0.3, 0.4) is 0 Å². The number of halogens is 3. The van der Waals surface area contributed by atoms with E-state index in [9.17, 15) is 9.90 Å². The molecule has 1 heterocycles. The molecular weight excluding hydrogens is 323 g/mol. The molecule has 1 aromatic heterocycles. The molecule has 0 aliphatic heterocycles. The second-order valence-electron chi connectivity index (χ2n) is 4.40. The number of nitrogens with zero attached hydrogens (tertiary/aromatic N) is 2. The van der Waals surface area contributed by atoms with Gasteiger partial charge in [-0.1, -0.05) is 34.8 Å². The first kappa shape index (κ1) is 15.2. The van der Waals surface area contributed by atoms with Crippen molar-refractivity contribution >= 4 is 40.6 Å². The third kappa shape index (κ3) is 2.28. The Morgan fingerprint density at radius 1 is 1.25 bits per heavy atom. The monoisotopic (exact) mass is 332 g/mol. The summed E-state index contributed by atoms with van der Waals surface area (Å²) in [4.78, 5) is 12.5. The number of aryl methyl sites for hydroxylation is 2. The van der Waals surface area contributed by atoms with Crippen LogP contribution in [0.25, 0.3) is 0 Å². The lowest BCUT2D eigenvalue weighted by atomic mass is 10.0. The molecular formula is C13H11Cl3N2O2. The van der Waals surface area contributed by atoms with E-state index in [4.69, 9.17) is 34.8 Å². The summed E-state index contributed by atoms with van der Waals surface area (Å²) in [5.74, 6) is -0.660. The number of aromatic nitrogens is 2. The number of ketones is 1. The van der Waals surface area contributed by atoms with Gasteiger partial charge < -0.3 is 5.11 Å². The summed E-state index contributed by atoms with van der Waals surface area (Å²) in [6, 6.07) is 1.40. The highest BCUT2D eigenvalue weighted by molar-refractivity contribution is 6.45. The molecule has 1 aromatic carbocycles. The Kier molecular flexibility index (Phi) is 4.00. The molecule has 0 spiro atoms. The van der Waals surface area contributed by atoms with Crippen LogP contribution in [0.4, 0.5) is 0 Å². The van der Waals surface area contributed by atoms with Crippen molar-refractivity contribution in [3.8, 4) is 5.88 Å². The quantitative estimate of drug-likeness (QED) is 0.669. The lowest BCUT2D eigenvalue weighted by molar-refractivity contribution is 0.103. The minimum Gasteiger partial charge on any atom is -0.493 e. The molecule has 0 fully saturated rings. The molecule has 7 heteroatoms. The summed E-state index contributed by atoms with van der Waals surface area (Å²) in [5.41, 5.74) is 1.22. The molecule has 0 amide bonds. The summed E-state index contributed by atoms with van der Waals surface area (Å²) >= 11 is 18.1. The Hall–Kier alpha value is -1.23. The van der Waals surface area contributed by atoms with Crippen molar-refractivity contribution in [3.63, 3.8) is 0 Å².